The van der Waals surface area contributed by atoms with E-state index in [1.165, 1.54) is 60.8 Å². The Balaban J connectivity index is 2.25. The largest absolute Gasteiger partial charge is 0.493 e. The van der Waals surface area contributed by atoms with Crippen LogP contribution in [0.25, 0.3) is 11.0 Å². The lowest BCUT2D eigenvalue weighted by Crippen LogP contribution is -2.11. The van der Waals surface area contributed by atoms with Gasteiger partial charge in [-0.25, -0.2) is 4.79 Å². The molecular formula is C39H58O5. The van der Waals surface area contributed by atoms with Gasteiger partial charge in [-0.1, -0.05) is 92.4 Å². The first-order valence-corrected chi connectivity index (χ1v) is 16.8. The number of allylic oxidation sites excluding steroid dienone is 6. The van der Waals surface area contributed by atoms with Crippen LogP contribution < -0.4 is 19.8 Å². The van der Waals surface area contributed by atoms with Crippen molar-refractivity contribution in [1.82, 2.24) is 0 Å². The van der Waals surface area contributed by atoms with Gasteiger partial charge in [0.1, 0.15) is 29.9 Å². The molecule has 0 aliphatic rings. The lowest BCUT2D eigenvalue weighted by atomic mass is 10.1. The Morgan fingerprint density at radius 2 is 1.23 bits per heavy atom. The molecule has 0 saturated heterocycles. The van der Waals surface area contributed by atoms with Gasteiger partial charge in [0, 0.05) is 0 Å². The van der Waals surface area contributed by atoms with Crippen LogP contribution in [-0.4, -0.2) is 19.8 Å². The fourth-order valence-electron chi connectivity index (χ4n) is 4.89. The second kappa shape index (κ2) is 21.5. The highest BCUT2D eigenvalue weighted by atomic mass is 16.5. The average Bonchev–Trinajstić information content (AvgIpc) is 2.97. The van der Waals surface area contributed by atoms with Gasteiger partial charge in [0.15, 0.2) is 5.75 Å². The Morgan fingerprint density at radius 3 is 1.80 bits per heavy atom. The van der Waals surface area contributed by atoms with Crippen molar-refractivity contribution < 1.29 is 18.6 Å². The second-order valence-corrected chi connectivity index (χ2v) is 12.4. The minimum atomic E-state index is -0.549. The van der Waals surface area contributed by atoms with E-state index in [0.29, 0.717) is 35.7 Å². The summed E-state index contributed by atoms with van der Waals surface area (Å²) in [6.07, 6.45) is 22.3. The molecule has 244 valence electrons. The van der Waals surface area contributed by atoms with Crippen LogP contribution in [0.15, 0.2) is 74.0 Å². The predicted molar refractivity (Wildman–Crippen MR) is 186 cm³/mol. The molecule has 2 aromatic rings. The summed E-state index contributed by atoms with van der Waals surface area (Å²) < 4.78 is 24.4. The summed E-state index contributed by atoms with van der Waals surface area (Å²) in [5.41, 5.74) is 4.96. The normalized spacial score (nSPS) is 11.9. The van der Waals surface area contributed by atoms with Crippen molar-refractivity contribution in [3.05, 3.63) is 75.2 Å². The van der Waals surface area contributed by atoms with Crippen LogP contribution in [-0.2, 0) is 0 Å². The Kier molecular flexibility index (Phi) is 18.1. The molecule has 0 fully saturated rings. The molecule has 5 heteroatoms. The zero-order chi connectivity index (χ0) is 32.2. The maximum Gasteiger partial charge on any atom is 0.383 e. The molecule has 1 aromatic carbocycles. The topological polar surface area (TPSA) is 57.9 Å². The number of ether oxygens (including phenoxy) is 3. The van der Waals surface area contributed by atoms with Crippen molar-refractivity contribution in [3.8, 4) is 17.2 Å². The van der Waals surface area contributed by atoms with Crippen molar-refractivity contribution in [2.75, 3.05) is 19.8 Å². The van der Waals surface area contributed by atoms with Gasteiger partial charge in [0.05, 0.1) is 6.61 Å². The molecular weight excluding hydrogens is 548 g/mol. The van der Waals surface area contributed by atoms with Gasteiger partial charge in [-0.15, -0.1) is 0 Å². The molecule has 0 aliphatic heterocycles. The molecule has 0 saturated carbocycles. The van der Waals surface area contributed by atoms with E-state index in [1.54, 1.807) is 6.07 Å². The van der Waals surface area contributed by atoms with Crippen LogP contribution in [0.2, 0.25) is 0 Å². The predicted octanol–water partition coefficient (Wildman–Crippen LogP) is 11.5. The lowest BCUT2D eigenvalue weighted by Gasteiger charge is -2.16. The molecule has 1 heterocycles. The van der Waals surface area contributed by atoms with Gasteiger partial charge in [0.2, 0.25) is 5.75 Å². The maximum atomic E-state index is 13.2. The van der Waals surface area contributed by atoms with Gasteiger partial charge >= 0.3 is 5.63 Å². The molecule has 1 aromatic heterocycles. The van der Waals surface area contributed by atoms with Gasteiger partial charge < -0.3 is 18.6 Å². The fraction of sp³-hybridized carbons (Fsp3) is 0.564. The highest BCUT2D eigenvalue weighted by Gasteiger charge is 2.21. The minimum absolute atomic E-state index is 0.0876. The minimum Gasteiger partial charge on any atom is -0.493 e. The summed E-state index contributed by atoms with van der Waals surface area (Å²) in [7, 11) is 0. The summed E-state index contributed by atoms with van der Waals surface area (Å²) in [6.45, 7) is 16.1. The zero-order valence-electron chi connectivity index (χ0n) is 28.7. The Hall–Kier alpha value is -3.21. The number of hydrogen-bond donors (Lipinski definition) is 0. The molecule has 0 aliphatic carbocycles. The smallest absolute Gasteiger partial charge is 0.383 e. The third-order valence-electron chi connectivity index (χ3n) is 7.57. The Labute approximate surface area is 267 Å². The van der Waals surface area contributed by atoms with Crippen molar-refractivity contribution in [2.45, 2.75) is 126 Å². The van der Waals surface area contributed by atoms with Crippen LogP contribution in [0.1, 0.15) is 126 Å². The molecule has 0 bridgehead atoms. The van der Waals surface area contributed by atoms with Crippen LogP contribution >= 0.6 is 0 Å². The first-order chi connectivity index (χ1) is 21.2. The van der Waals surface area contributed by atoms with Crippen molar-refractivity contribution >= 4 is 11.0 Å². The van der Waals surface area contributed by atoms with E-state index in [2.05, 4.69) is 66.7 Å². The first-order valence-electron chi connectivity index (χ1n) is 16.8. The quantitative estimate of drug-likeness (QED) is 0.0758. The van der Waals surface area contributed by atoms with E-state index < -0.39 is 5.63 Å². The molecule has 0 radical (unpaired) electrons. The molecule has 5 nitrogen and oxygen atoms in total. The fourth-order valence-corrected chi connectivity index (χ4v) is 4.89. The van der Waals surface area contributed by atoms with Crippen LogP contribution in [0, 0.1) is 0 Å². The molecule has 0 N–H and O–H groups in total. The summed E-state index contributed by atoms with van der Waals surface area (Å²) in [5, 5.41) is 0.640. The monoisotopic (exact) mass is 606 g/mol. The third kappa shape index (κ3) is 14.5. The van der Waals surface area contributed by atoms with Gasteiger partial charge in [-0.05, 0) is 97.9 Å². The number of hydrogen-bond acceptors (Lipinski definition) is 5. The van der Waals surface area contributed by atoms with Gasteiger partial charge in [0.25, 0.3) is 0 Å². The Morgan fingerprint density at radius 1 is 0.682 bits per heavy atom. The van der Waals surface area contributed by atoms with Crippen molar-refractivity contribution in [3.63, 3.8) is 0 Å². The molecule has 0 amide bonds. The van der Waals surface area contributed by atoms with E-state index in [4.69, 9.17) is 18.6 Å². The van der Waals surface area contributed by atoms with E-state index in [9.17, 15) is 4.79 Å². The van der Waals surface area contributed by atoms with E-state index in [0.717, 1.165) is 38.5 Å². The summed E-state index contributed by atoms with van der Waals surface area (Å²) in [6, 6.07) is 5.55. The number of rotatable bonds is 22. The summed E-state index contributed by atoms with van der Waals surface area (Å²) in [5.74, 6) is 1.11. The molecule has 2 rings (SSSR count). The van der Waals surface area contributed by atoms with Gasteiger partial charge in [-0.2, -0.15) is 0 Å². The number of unbranched alkanes of at least 4 members (excludes halogenated alkanes) is 7. The van der Waals surface area contributed by atoms with Crippen LogP contribution in [0.3, 0.4) is 0 Å². The van der Waals surface area contributed by atoms with Crippen molar-refractivity contribution in [2.24, 2.45) is 0 Å². The zero-order valence-corrected chi connectivity index (χ0v) is 28.7. The molecule has 0 unspecified atom stereocenters. The van der Waals surface area contributed by atoms with Crippen LogP contribution in [0.5, 0.6) is 17.2 Å². The molecule has 0 atom stereocenters. The van der Waals surface area contributed by atoms with Gasteiger partial charge in [-0.3, -0.25) is 0 Å². The highest BCUT2D eigenvalue weighted by Crippen LogP contribution is 2.39. The number of benzene rings is 1. The first kappa shape index (κ1) is 37.0. The third-order valence-corrected chi connectivity index (χ3v) is 7.57. The summed E-state index contributed by atoms with van der Waals surface area (Å²) >= 11 is 0. The maximum absolute atomic E-state index is 13.2. The van der Waals surface area contributed by atoms with E-state index >= 15 is 0 Å². The lowest BCUT2D eigenvalue weighted by molar-refractivity contribution is 0.288. The number of fused-ring (bicyclic) bond motifs is 1. The standard InChI is InChI=1S/C39H58O5/c1-8-9-10-11-12-13-14-15-27-41-34-23-18-24-35-36(34)37(42-28-25-32(6)21-16-19-30(2)3)38(39(40)44-35)43-29-26-33(7)22-17-20-31(4)5/h18-20,23-26H,8-17,21-22,27-29H2,1-7H3. The Bertz CT molecular complexity index is 1300. The van der Waals surface area contributed by atoms with E-state index in [1.807, 2.05) is 18.2 Å². The van der Waals surface area contributed by atoms with E-state index in [-0.39, 0.29) is 12.4 Å². The molecule has 0 spiro atoms. The highest BCUT2D eigenvalue weighted by molar-refractivity contribution is 5.91. The van der Waals surface area contributed by atoms with Crippen LogP contribution in [0.4, 0.5) is 0 Å². The summed E-state index contributed by atoms with van der Waals surface area (Å²) in [4.78, 5) is 13.2. The second-order valence-electron chi connectivity index (χ2n) is 12.4. The van der Waals surface area contributed by atoms with Crippen molar-refractivity contribution in [1.29, 1.82) is 0 Å². The average molecular weight is 607 g/mol. The SMILES string of the molecule is CCCCCCCCCCOc1cccc2oc(=O)c(OCC=C(C)CCC=C(C)C)c(OCC=C(C)CCC=C(C)C)c12. The molecule has 44 heavy (non-hydrogen) atoms.